The van der Waals surface area contributed by atoms with Crippen LogP contribution in [0.3, 0.4) is 0 Å². The monoisotopic (exact) mass is 320 g/mol. The van der Waals surface area contributed by atoms with Crippen molar-refractivity contribution in [1.29, 1.82) is 0 Å². The lowest BCUT2D eigenvalue weighted by molar-refractivity contribution is 0.0385. The van der Waals surface area contributed by atoms with E-state index >= 15 is 0 Å². The molecular formula is C20H16O2S. The van der Waals surface area contributed by atoms with Crippen LogP contribution in [-0.4, -0.2) is 5.97 Å². The highest BCUT2D eigenvalue weighted by Crippen LogP contribution is 2.45. The first-order chi connectivity index (χ1) is 11.1. The molecule has 0 unspecified atom stereocenters. The predicted molar refractivity (Wildman–Crippen MR) is 92.9 cm³/mol. The van der Waals surface area contributed by atoms with Crippen LogP contribution in [-0.2, 0) is 4.74 Å². The molecule has 0 bridgehead atoms. The van der Waals surface area contributed by atoms with Gasteiger partial charge in [-0.15, -0.1) is 11.3 Å². The van der Waals surface area contributed by atoms with E-state index in [0.29, 0.717) is 5.56 Å². The molecule has 0 fully saturated rings. The molecule has 1 heterocycles. The lowest BCUT2D eigenvalue weighted by Crippen LogP contribution is -2.11. The van der Waals surface area contributed by atoms with Gasteiger partial charge in [0.25, 0.3) is 0 Å². The second kappa shape index (κ2) is 5.36. The number of hydrogen-bond donors (Lipinski definition) is 0. The molecule has 0 saturated carbocycles. The summed E-state index contributed by atoms with van der Waals surface area (Å²) < 4.78 is 5.91. The predicted octanol–water partition coefficient (Wildman–Crippen LogP) is 5.29. The highest BCUT2D eigenvalue weighted by atomic mass is 32.1. The third kappa shape index (κ3) is 2.28. The Labute approximate surface area is 139 Å². The topological polar surface area (TPSA) is 26.3 Å². The summed E-state index contributed by atoms with van der Waals surface area (Å²) in [7, 11) is 0. The summed E-state index contributed by atoms with van der Waals surface area (Å²) in [6.07, 6.45) is -0.325. The molecule has 4 rings (SSSR count). The van der Waals surface area contributed by atoms with Gasteiger partial charge in [0.15, 0.2) is 6.10 Å². The molecule has 1 aliphatic rings. The molecule has 0 atom stereocenters. The molecular weight excluding hydrogens is 304 g/mol. The summed E-state index contributed by atoms with van der Waals surface area (Å²) >= 11 is 1.63. The van der Waals surface area contributed by atoms with Crippen LogP contribution in [0.2, 0.25) is 0 Å². The van der Waals surface area contributed by atoms with Crippen LogP contribution in [0.25, 0.3) is 11.1 Å². The fourth-order valence-corrected chi connectivity index (χ4v) is 4.15. The van der Waals surface area contributed by atoms with Crippen LogP contribution in [0.5, 0.6) is 0 Å². The highest BCUT2D eigenvalue weighted by molar-refractivity contribution is 7.12. The first-order valence-corrected chi connectivity index (χ1v) is 8.43. The number of thiophene rings is 1. The second-order valence-corrected chi connectivity index (χ2v) is 7.25. The second-order valence-electron chi connectivity index (χ2n) is 5.79. The van der Waals surface area contributed by atoms with Crippen molar-refractivity contribution in [2.24, 2.45) is 0 Å². The largest absolute Gasteiger partial charge is 0.449 e. The van der Waals surface area contributed by atoms with E-state index in [1.165, 1.54) is 0 Å². The van der Waals surface area contributed by atoms with Gasteiger partial charge in [-0.1, -0.05) is 48.5 Å². The van der Waals surface area contributed by atoms with Crippen LogP contribution in [0.15, 0.2) is 54.6 Å². The fourth-order valence-electron chi connectivity index (χ4n) is 3.24. The van der Waals surface area contributed by atoms with Gasteiger partial charge in [-0.25, -0.2) is 4.79 Å². The Morgan fingerprint density at radius 2 is 1.52 bits per heavy atom. The van der Waals surface area contributed by atoms with Crippen molar-refractivity contribution in [2.45, 2.75) is 20.0 Å². The fraction of sp³-hybridized carbons (Fsp3) is 0.150. The number of ether oxygens (including phenoxy) is 1. The molecule has 3 heteroatoms. The molecule has 0 spiro atoms. The van der Waals surface area contributed by atoms with E-state index in [2.05, 4.69) is 12.1 Å². The van der Waals surface area contributed by atoms with Gasteiger partial charge in [0.1, 0.15) is 0 Å². The minimum Gasteiger partial charge on any atom is -0.449 e. The number of fused-ring (bicyclic) bond motifs is 3. The third-order valence-corrected chi connectivity index (χ3v) is 5.23. The molecule has 0 radical (unpaired) electrons. The van der Waals surface area contributed by atoms with Gasteiger partial charge < -0.3 is 4.74 Å². The number of carbonyl (C=O) groups excluding carboxylic acids is 1. The zero-order valence-corrected chi connectivity index (χ0v) is 13.8. The molecule has 0 amide bonds. The normalized spacial score (nSPS) is 12.8. The van der Waals surface area contributed by atoms with Gasteiger partial charge in [0.05, 0.1) is 5.56 Å². The standard InChI is InChI=1S/C20H16O2S/c1-12-11-18(13(2)23-12)20(21)22-19-16-9-5-3-7-14(16)15-8-4-6-10-17(15)19/h3-11,19H,1-2H3. The quantitative estimate of drug-likeness (QED) is 0.600. The smallest absolute Gasteiger partial charge is 0.340 e. The Hall–Kier alpha value is -2.39. The lowest BCUT2D eigenvalue weighted by atomic mass is 10.1. The average Bonchev–Trinajstić information content (AvgIpc) is 3.06. The number of hydrogen-bond acceptors (Lipinski definition) is 3. The minimum atomic E-state index is -0.325. The van der Waals surface area contributed by atoms with Crippen molar-refractivity contribution in [3.05, 3.63) is 81.0 Å². The molecule has 23 heavy (non-hydrogen) atoms. The number of carbonyl (C=O) groups is 1. The molecule has 0 aliphatic heterocycles. The van der Waals surface area contributed by atoms with E-state index in [-0.39, 0.29) is 12.1 Å². The molecule has 0 saturated heterocycles. The average molecular weight is 320 g/mol. The van der Waals surface area contributed by atoms with Crippen molar-refractivity contribution in [3.8, 4) is 11.1 Å². The van der Waals surface area contributed by atoms with Crippen molar-refractivity contribution in [1.82, 2.24) is 0 Å². The molecule has 114 valence electrons. The van der Waals surface area contributed by atoms with E-state index in [1.807, 2.05) is 56.3 Å². The van der Waals surface area contributed by atoms with Gasteiger partial charge in [0.2, 0.25) is 0 Å². The molecule has 3 aromatic rings. The van der Waals surface area contributed by atoms with Crippen LogP contribution in [0.4, 0.5) is 0 Å². The lowest BCUT2D eigenvalue weighted by Gasteiger charge is -2.15. The first kappa shape index (κ1) is 14.2. The van der Waals surface area contributed by atoms with Gasteiger partial charge in [0, 0.05) is 20.9 Å². The Bertz CT molecular complexity index is 862. The zero-order valence-electron chi connectivity index (χ0n) is 13.0. The summed E-state index contributed by atoms with van der Waals surface area (Å²) in [6.45, 7) is 3.97. The summed E-state index contributed by atoms with van der Waals surface area (Å²) in [5.41, 5.74) is 5.10. The number of aryl methyl sites for hydroxylation is 2. The van der Waals surface area contributed by atoms with Crippen molar-refractivity contribution >= 4 is 17.3 Å². The van der Waals surface area contributed by atoms with Crippen LogP contribution >= 0.6 is 11.3 Å². The maximum Gasteiger partial charge on any atom is 0.340 e. The number of benzene rings is 2. The SMILES string of the molecule is Cc1cc(C(=O)OC2c3ccccc3-c3ccccc32)c(C)s1. The Balaban J connectivity index is 1.75. The van der Waals surface area contributed by atoms with E-state index in [0.717, 1.165) is 32.0 Å². The Morgan fingerprint density at radius 1 is 0.957 bits per heavy atom. The van der Waals surface area contributed by atoms with E-state index in [9.17, 15) is 4.79 Å². The van der Waals surface area contributed by atoms with Gasteiger partial charge in [-0.05, 0) is 31.0 Å². The molecule has 2 aromatic carbocycles. The van der Waals surface area contributed by atoms with Gasteiger partial charge in [-0.2, -0.15) is 0 Å². The summed E-state index contributed by atoms with van der Waals surface area (Å²) in [6, 6.07) is 18.2. The Kier molecular flexibility index (Phi) is 3.31. The van der Waals surface area contributed by atoms with Crippen molar-refractivity contribution < 1.29 is 9.53 Å². The molecule has 1 aliphatic carbocycles. The highest BCUT2D eigenvalue weighted by Gasteiger charge is 2.31. The maximum atomic E-state index is 12.6. The summed E-state index contributed by atoms with van der Waals surface area (Å²) in [4.78, 5) is 14.8. The van der Waals surface area contributed by atoms with E-state index in [1.54, 1.807) is 11.3 Å². The van der Waals surface area contributed by atoms with Crippen molar-refractivity contribution in [3.63, 3.8) is 0 Å². The summed E-state index contributed by atoms with van der Waals surface area (Å²) in [5, 5.41) is 0. The molecule has 0 N–H and O–H groups in total. The summed E-state index contributed by atoms with van der Waals surface area (Å²) in [5.74, 6) is -0.247. The number of esters is 1. The first-order valence-electron chi connectivity index (χ1n) is 7.61. The van der Waals surface area contributed by atoms with Crippen LogP contribution in [0.1, 0.15) is 37.3 Å². The minimum absolute atomic E-state index is 0.247. The maximum absolute atomic E-state index is 12.6. The van der Waals surface area contributed by atoms with Crippen molar-refractivity contribution in [2.75, 3.05) is 0 Å². The Morgan fingerprint density at radius 3 is 2.04 bits per heavy atom. The molecule has 1 aromatic heterocycles. The van der Waals surface area contributed by atoms with E-state index in [4.69, 9.17) is 4.74 Å². The number of rotatable bonds is 2. The van der Waals surface area contributed by atoms with Gasteiger partial charge >= 0.3 is 5.97 Å². The molecule has 2 nitrogen and oxygen atoms in total. The van der Waals surface area contributed by atoms with Gasteiger partial charge in [-0.3, -0.25) is 0 Å². The van der Waals surface area contributed by atoms with Crippen LogP contribution < -0.4 is 0 Å². The zero-order chi connectivity index (χ0) is 16.0. The van der Waals surface area contributed by atoms with E-state index < -0.39 is 0 Å². The van der Waals surface area contributed by atoms with Crippen LogP contribution in [0, 0.1) is 13.8 Å². The third-order valence-electron chi connectivity index (χ3n) is 4.26.